The molecule has 0 fully saturated rings. The standard InChI is InChI=1S/2C17H24P.2ClH.Zr/c2*1-5-13(3)18(14(4)6-2)17-11-15-9-7-8-10-16(15)12-17;;;/h2*7-14H,5-6H2,1-4H3;2*1H;/q2*-1;;;+4/p-2. The third-order valence-electron chi connectivity index (χ3n) is 8.06. The first-order valence-electron chi connectivity index (χ1n) is 14.6. The summed E-state index contributed by atoms with van der Waals surface area (Å²) in [6.07, 6.45) is 5.16. The second-order valence-corrected chi connectivity index (χ2v) is 20.5. The maximum absolute atomic E-state index is 4.93. The van der Waals surface area contributed by atoms with Gasteiger partial charge in [0.25, 0.3) is 0 Å². The van der Waals surface area contributed by atoms with Crippen molar-refractivity contribution in [2.45, 2.75) is 104 Å². The fourth-order valence-corrected chi connectivity index (χ4v) is 11.7. The molecule has 4 rings (SSSR count). The Morgan fingerprint density at radius 1 is 0.590 bits per heavy atom. The molecule has 4 atom stereocenters. The van der Waals surface area contributed by atoms with Crippen LogP contribution in [0.4, 0.5) is 0 Å². The summed E-state index contributed by atoms with van der Waals surface area (Å²) in [5.74, 6) is 0. The molecule has 0 bridgehead atoms. The van der Waals surface area contributed by atoms with E-state index in [0.717, 1.165) is 22.6 Å². The van der Waals surface area contributed by atoms with E-state index >= 15 is 0 Å². The molecule has 0 spiro atoms. The topological polar surface area (TPSA) is 0 Å². The molecule has 0 nitrogen and oxygen atoms in total. The summed E-state index contributed by atoms with van der Waals surface area (Å²) < 4.78 is 0. The number of hydrogen-bond donors (Lipinski definition) is 0. The van der Waals surface area contributed by atoms with Gasteiger partial charge in [-0.2, -0.15) is 12.1 Å². The number of benzene rings is 2. The van der Waals surface area contributed by atoms with Crippen LogP contribution in [0.3, 0.4) is 0 Å². The molecule has 0 N–H and O–H groups in total. The van der Waals surface area contributed by atoms with Gasteiger partial charge in [-0.15, -0.1) is 80.7 Å². The molecule has 0 aliphatic rings. The van der Waals surface area contributed by atoms with Crippen LogP contribution >= 0.6 is 32.9 Å². The molecule has 0 saturated heterocycles. The Labute approximate surface area is 260 Å². The van der Waals surface area contributed by atoms with Crippen molar-refractivity contribution in [3.05, 3.63) is 72.8 Å². The van der Waals surface area contributed by atoms with E-state index in [2.05, 4.69) is 128 Å². The molecule has 5 heteroatoms. The van der Waals surface area contributed by atoms with Crippen molar-refractivity contribution in [1.29, 1.82) is 0 Å². The van der Waals surface area contributed by atoms with Crippen molar-refractivity contribution in [3.63, 3.8) is 0 Å². The summed E-state index contributed by atoms with van der Waals surface area (Å²) in [5, 5.41) is 8.85. The van der Waals surface area contributed by atoms with E-state index in [4.69, 9.17) is 17.0 Å². The Morgan fingerprint density at radius 3 is 1.13 bits per heavy atom. The van der Waals surface area contributed by atoms with Gasteiger partial charge < -0.3 is 0 Å². The van der Waals surface area contributed by atoms with Crippen LogP contribution < -0.4 is 10.6 Å². The molecule has 0 amide bonds. The normalized spacial score (nSPS) is 15.6. The van der Waals surface area contributed by atoms with Crippen LogP contribution in [0.25, 0.3) is 21.5 Å². The Kier molecular flexibility index (Phi) is 16.7. The predicted molar refractivity (Wildman–Crippen MR) is 183 cm³/mol. The van der Waals surface area contributed by atoms with E-state index in [9.17, 15) is 0 Å². The molecule has 39 heavy (non-hydrogen) atoms. The van der Waals surface area contributed by atoms with Gasteiger partial charge in [-0.1, -0.05) is 83.4 Å². The summed E-state index contributed by atoms with van der Waals surface area (Å²) in [5.41, 5.74) is 3.30. The molecule has 0 radical (unpaired) electrons. The van der Waals surface area contributed by atoms with Crippen LogP contribution in [0.5, 0.6) is 0 Å². The molecule has 4 aromatic rings. The van der Waals surface area contributed by atoms with Gasteiger partial charge in [-0.25, -0.2) is 0 Å². The van der Waals surface area contributed by atoms with Crippen LogP contribution in [-0.2, 0) is 20.8 Å². The minimum atomic E-state index is -0.826. The van der Waals surface area contributed by atoms with Gasteiger partial charge in [0.15, 0.2) is 0 Å². The summed E-state index contributed by atoms with van der Waals surface area (Å²) in [6.45, 7) is 19.0. The van der Waals surface area contributed by atoms with Gasteiger partial charge in [0, 0.05) is 0 Å². The molecular formula is C34H48Cl2P2Zr. The van der Waals surface area contributed by atoms with Crippen LogP contribution in [0, 0.1) is 0 Å². The van der Waals surface area contributed by atoms with Crippen molar-refractivity contribution in [1.82, 2.24) is 0 Å². The van der Waals surface area contributed by atoms with Crippen molar-refractivity contribution in [2.75, 3.05) is 0 Å². The Bertz CT molecular complexity index is 1040. The SMILES string of the molecule is CCC(C)P(c1cc2ccccc2[cH-]1)C(C)CC.CCC(C)P(c1cc2ccccc2[cH-]1)C(C)CC.[Cl][Zr+2][Cl]. The van der Waals surface area contributed by atoms with E-state index in [1.165, 1.54) is 47.2 Å². The summed E-state index contributed by atoms with van der Waals surface area (Å²) in [7, 11) is 9.82. The molecule has 212 valence electrons. The molecule has 4 aromatic carbocycles. The quantitative estimate of drug-likeness (QED) is 0.116. The average Bonchev–Trinajstić information content (AvgIpc) is 3.57. The fraction of sp³-hybridized carbons (Fsp3) is 0.471. The fourth-order valence-electron chi connectivity index (χ4n) is 5.24. The van der Waals surface area contributed by atoms with Gasteiger partial charge in [-0.3, -0.25) is 0 Å². The summed E-state index contributed by atoms with van der Waals surface area (Å²) in [6, 6.07) is 27.2. The van der Waals surface area contributed by atoms with Gasteiger partial charge >= 0.3 is 37.9 Å². The van der Waals surface area contributed by atoms with E-state index < -0.39 is 20.8 Å². The van der Waals surface area contributed by atoms with Crippen molar-refractivity contribution >= 4 is 65.0 Å². The summed E-state index contributed by atoms with van der Waals surface area (Å²) in [4.78, 5) is 0. The van der Waals surface area contributed by atoms with Crippen molar-refractivity contribution in [2.24, 2.45) is 0 Å². The first-order chi connectivity index (χ1) is 18.8. The van der Waals surface area contributed by atoms with Crippen LogP contribution in [-0.4, -0.2) is 22.6 Å². The number of hydrogen-bond acceptors (Lipinski definition) is 0. The van der Waals surface area contributed by atoms with E-state index in [-0.39, 0.29) is 15.8 Å². The van der Waals surface area contributed by atoms with Gasteiger partial charge in [0.05, 0.1) is 0 Å². The first-order valence-corrected chi connectivity index (χ1v) is 23.9. The van der Waals surface area contributed by atoms with E-state index in [0.29, 0.717) is 0 Å². The second-order valence-electron chi connectivity index (χ2n) is 10.6. The molecule has 0 aliphatic heterocycles. The number of halogens is 2. The average molecular weight is 681 g/mol. The monoisotopic (exact) mass is 678 g/mol. The van der Waals surface area contributed by atoms with Crippen LogP contribution in [0.15, 0.2) is 72.8 Å². The van der Waals surface area contributed by atoms with E-state index in [1.54, 1.807) is 10.6 Å². The predicted octanol–water partition coefficient (Wildman–Crippen LogP) is 11.9. The molecule has 0 heterocycles. The van der Waals surface area contributed by atoms with E-state index in [1.807, 2.05) is 0 Å². The summed E-state index contributed by atoms with van der Waals surface area (Å²) >= 11 is -0.826. The van der Waals surface area contributed by atoms with Crippen LogP contribution in [0.2, 0.25) is 0 Å². The maximum atomic E-state index is 4.93. The molecule has 0 aliphatic carbocycles. The van der Waals surface area contributed by atoms with Gasteiger partial charge in [-0.05, 0) is 48.3 Å². The Morgan fingerprint density at radius 2 is 0.872 bits per heavy atom. The zero-order chi connectivity index (χ0) is 28.9. The third kappa shape index (κ3) is 10.0. The first kappa shape index (κ1) is 35.2. The molecule has 0 saturated carbocycles. The molecule has 4 unspecified atom stereocenters. The number of rotatable bonds is 10. The van der Waals surface area contributed by atoms with Crippen molar-refractivity contribution in [3.8, 4) is 0 Å². The molecular weight excluding hydrogens is 632 g/mol. The molecule has 0 aromatic heterocycles. The Hall–Kier alpha value is -0.0169. The zero-order valence-electron chi connectivity index (χ0n) is 25.2. The van der Waals surface area contributed by atoms with Crippen molar-refractivity contribution < 1.29 is 20.8 Å². The van der Waals surface area contributed by atoms with Gasteiger partial charge in [0.2, 0.25) is 0 Å². The minimum absolute atomic E-state index is 0.0252. The number of fused-ring (bicyclic) bond motifs is 2. The zero-order valence-corrected chi connectivity index (χ0v) is 31.0. The van der Waals surface area contributed by atoms with Gasteiger partial charge in [0.1, 0.15) is 0 Å². The van der Waals surface area contributed by atoms with Crippen LogP contribution in [0.1, 0.15) is 81.1 Å². The second kappa shape index (κ2) is 18.5. The third-order valence-corrected chi connectivity index (χ3v) is 15.0. The Balaban J connectivity index is 0.000000249.